The zero-order valence-corrected chi connectivity index (χ0v) is 14.9. The van der Waals surface area contributed by atoms with Gasteiger partial charge in [-0.05, 0) is 49.7 Å². The van der Waals surface area contributed by atoms with Gasteiger partial charge in [0, 0.05) is 5.57 Å². The van der Waals surface area contributed by atoms with Crippen LogP contribution in [0.3, 0.4) is 0 Å². The van der Waals surface area contributed by atoms with E-state index in [0.717, 1.165) is 28.3 Å². The summed E-state index contributed by atoms with van der Waals surface area (Å²) in [4.78, 5) is 4.63. The van der Waals surface area contributed by atoms with Crippen LogP contribution in [0.4, 0.5) is 5.69 Å². The Balaban J connectivity index is 1.88. The number of rotatable bonds is 5. The fourth-order valence-corrected chi connectivity index (χ4v) is 2.30. The van der Waals surface area contributed by atoms with Gasteiger partial charge >= 0.3 is 0 Å². The first-order valence-electron chi connectivity index (χ1n) is 8.48. The molecule has 26 heavy (non-hydrogen) atoms. The summed E-state index contributed by atoms with van der Waals surface area (Å²) in [7, 11) is 0. The highest BCUT2D eigenvalue weighted by molar-refractivity contribution is 5.96. The number of ether oxygens (including phenoxy) is 2. The molecule has 130 valence electrons. The maximum Gasteiger partial charge on any atom is 0.225 e. The molecular formula is C23H21NO2. The molecule has 0 radical (unpaired) electrons. The van der Waals surface area contributed by atoms with Crippen molar-refractivity contribution >= 4 is 11.6 Å². The van der Waals surface area contributed by atoms with Crippen LogP contribution in [-0.4, -0.2) is 5.90 Å². The third-order valence-electron chi connectivity index (χ3n) is 3.74. The first kappa shape index (κ1) is 17.5. The fraction of sp³-hybridized carbons (Fsp3) is 0.0870. The van der Waals surface area contributed by atoms with Gasteiger partial charge in [-0.3, -0.25) is 0 Å². The second-order valence-electron chi connectivity index (χ2n) is 5.85. The van der Waals surface area contributed by atoms with E-state index in [-0.39, 0.29) is 0 Å². The smallest absolute Gasteiger partial charge is 0.225 e. The summed E-state index contributed by atoms with van der Waals surface area (Å²) >= 11 is 0. The van der Waals surface area contributed by atoms with E-state index < -0.39 is 0 Å². The summed E-state index contributed by atoms with van der Waals surface area (Å²) in [6.07, 6.45) is 1.67. The zero-order valence-electron chi connectivity index (χ0n) is 14.9. The van der Waals surface area contributed by atoms with Crippen molar-refractivity contribution in [2.45, 2.75) is 13.8 Å². The van der Waals surface area contributed by atoms with Crippen molar-refractivity contribution in [3.05, 3.63) is 102 Å². The van der Waals surface area contributed by atoms with Crippen molar-refractivity contribution in [2.24, 2.45) is 4.99 Å². The molecule has 0 aliphatic heterocycles. The lowest BCUT2D eigenvalue weighted by Crippen LogP contribution is -2.10. The van der Waals surface area contributed by atoms with E-state index in [1.807, 2.05) is 98.8 Å². The van der Waals surface area contributed by atoms with E-state index >= 15 is 0 Å². The molecule has 0 saturated heterocycles. The third kappa shape index (κ3) is 4.84. The second kappa shape index (κ2) is 8.67. The van der Waals surface area contributed by atoms with Gasteiger partial charge < -0.3 is 9.47 Å². The first-order chi connectivity index (χ1) is 12.7. The van der Waals surface area contributed by atoms with Gasteiger partial charge in [0.1, 0.15) is 11.5 Å². The molecule has 0 aromatic heterocycles. The van der Waals surface area contributed by atoms with E-state index in [9.17, 15) is 0 Å². The summed E-state index contributed by atoms with van der Waals surface area (Å²) in [5.74, 6) is 2.03. The van der Waals surface area contributed by atoms with Gasteiger partial charge in [-0.25, -0.2) is 4.99 Å². The Labute approximate surface area is 154 Å². The predicted octanol–water partition coefficient (Wildman–Crippen LogP) is 6.09. The number of aryl methyl sites for hydroxylation is 1. The van der Waals surface area contributed by atoms with Crippen LogP contribution >= 0.6 is 0 Å². The molecule has 0 heterocycles. The van der Waals surface area contributed by atoms with Crippen molar-refractivity contribution in [2.75, 3.05) is 0 Å². The average molecular weight is 343 g/mol. The fourth-order valence-electron chi connectivity index (χ4n) is 2.30. The third-order valence-corrected chi connectivity index (χ3v) is 3.74. The molecule has 0 N–H and O–H groups in total. The lowest BCUT2D eigenvalue weighted by atomic mass is 10.2. The summed E-state index contributed by atoms with van der Waals surface area (Å²) in [5.41, 5.74) is 2.69. The van der Waals surface area contributed by atoms with E-state index in [2.05, 4.69) is 4.99 Å². The standard InChI is InChI=1S/C23H21NO2/c1-18-11-9-10-16-22(18)25-17-19(2)23(24-20-12-5-3-6-13-20)26-21-14-7-4-8-15-21/h3-17H,1-2H3/b19-17+,24-23?. The van der Waals surface area contributed by atoms with E-state index in [0.29, 0.717) is 5.90 Å². The van der Waals surface area contributed by atoms with Crippen LogP contribution in [0.1, 0.15) is 12.5 Å². The van der Waals surface area contributed by atoms with Crippen LogP contribution in [0.15, 0.2) is 102 Å². The normalized spacial score (nSPS) is 11.9. The molecule has 0 bridgehead atoms. The Hall–Kier alpha value is -3.33. The monoisotopic (exact) mass is 343 g/mol. The molecule has 3 heteroatoms. The maximum atomic E-state index is 6.00. The molecule has 0 spiro atoms. The SMILES string of the molecule is C/C(=C\Oc1ccccc1C)C(=Nc1ccccc1)Oc1ccccc1. The summed E-state index contributed by atoms with van der Waals surface area (Å²) in [6.45, 7) is 3.93. The van der Waals surface area contributed by atoms with Crippen LogP contribution < -0.4 is 9.47 Å². The Kier molecular flexibility index (Phi) is 5.84. The van der Waals surface area contributed by atoms with Crippen molar-refractivity contribution in [1.29, 1.82) is 0 Å². The van der Waals surface area contributed by atoms with Crippen molar-refractivity contribution < 1.29 is 9.47 Å². The molecule has 0 fully saturated rings. The number of benzene rings is 3. The topological polar surface area (TPSA) is 30.8 Å². The Morgan fingerprint density at radius 2 is 1.42 bits per heavy atom. The van der Waals surface area contributed by atoms with E-state index in [1.54, 1.807) is 6.26 Å². The van der Waals surface area contributed by atoms with Crippen molar-refractivity contribution in [1.82, 2.24) is 0 Å². The lowest BCUT2D eigenvalue weighted by molar-refractivity contribution is 0.470. The van der Waals surface area contributed by atoms with Crippen LogP contribution in [0.5, 0.6) is 11.5 Å². The lowest BCUT2D eigenvalue weighted by Gasteiger charge is -2.11. The second-order valence-corrected chi connectivity index (χ2v) is 5.85. The molecule has 0 saturated carbocycles. The van der Waals surface area contributed by atoms with Crippen LogP contribution in [0, 0.1) is 6.92 Å². The zero-order chi connectivity index (χ0) is 18.2. The molecule has 0 amide bonds. The van der Waals surface area contributed by atoms with Gasteiger partial charge in [0.05, 0.1) is 11.9 Å². The average Bonchev–Trinajstić information content (AvgIpc) is 2.68. The minimum atomic E-state index is 0.496. The number of para-hydroxylation sites is 3. The van der Waals surface area contributed by atoms with Crippen molar-refractivity contribution in [3.63, 3.8) is 0 Å². The Morgan fingerprint density at radius 3 is 2.12 bits per heavy atom. The molecular weight excluding hydrogens is 322 g/mol. The highest BCUT2D eigenvalue weighted by Gasteiger charge is 2.08. The minimum Gasteiger partial charge on any atom is -0.464 e. The summed E-state index contributed by atoms with van der Waals surface area (Å²) in [5, 5.41) is 0. The highest BCUT2D eigenvalue weighted by Crippen LogP contribution is 2.19. The quantitative estimate of drug-likeness (QED) is 0.319. The molecule has 3 aromatic carbocycles. The number of aliphatic imine (C=N–C) groups is 1. The van der Waals surface area contributed by atoms with Crippen LogP contribution in [-0.2, 0) is 0 Å². The molecule has 0 aliphatic rings. The minimum absolute atomic E-state index is 0.496. The largest absolute Gasteiger partial charge is 0.464 e. The van der Waals surface area contributed by atoms with Crippen LogP contribution in [0.25, 0.3) is 0 Å². The number of nitrogens with zero attached hydrogens (tertiary/aromatic N) is 1. The molecule has 0 aliphatic carbocycles. The van der Waals surface area contributed by atoms with Crippen LogP contribution in [0.2, 0.25) is 0 Å². The molecule has 3 aromatic rings. The molecule has 3 rings (SSSR count). The van der Waals surface area contributed by atoms with Gasteiger partial charge in [0.15, 0.2) is 0 Å². The van der Waals surface area contributed by atoms with E-state index in [4.69, 9.17) is 9.47 Å². The Morgan fingerprint density at radius 1 is 0.808 bits per heavy atom. The number of hydrogen-bond acceptors (Lipinski definition) is 3. The highest BCUT2D eigenvalue weighted by atomic mass is 16.5. The molecule has 3 nitrogen and oxygen atoms in total. The van der Waals surface area contributed by atoms with Crippen molar-refractivity contribution in [3.8, 4) is 11.5 Å². The maximum absolute atomic E-state index is 6.00. The van der Waals surface area contributed by atoms with Gasteiger partial charge in [-0.2, -0.15) is 0 Å². The summed E-state index contributed by atoms with van der Waals surface area (Å²) in [6, 6.07) is 27.2. The Bertz CT molecular complexity index is 900. The molecule has 0 unspecified atom stereocenters. The van der Waals surface area contributed by atoms with Gasteiger partial charge in [0.25, 0.3) is 0 Å². The van der Waals surface area contributed by atoms with Gasteiger partial charge in [-0.1, -0.05) is 54.6 Å². The summed E-state index contributed by atoms with van der Waals surface area (Å²) < 4.78 is 11.8. The van der Waals surface area contributed by atoms with Gasteiger partial charge in [0.2, 0.25) is 5.90 Å². The predicted molar refractivity (Wildman–Crippen MR) is 106 cm³/mol. The van der Waals surface area contributed by atoms with Gasteiger partial charge in [-0.15, -0.1) is 0 Å². The number of hydrogen-bond donors (Lipinski definition) is 0. The molecule has 0 atom stereocenters. The van der Waals surface area contributed by atoms with E-state index in [1.165, 1.54) is 0 Å². The first-order valence-corrected chi connectivity index (χ1v) is 8.48.